The molecule has 150 valence electrons. The number of carbonyl (C=O) groups is 2. The van der Waals surface area contributed by atoms with E-state index in [0.29, 0.717) is 32.7 Å². The van der Waals surface area contributed by atoms with Crippen LogP contribution in [0.2, 0.25) is 10.0 Å². The zero-order valence-electron chi connectivity index (χ0n) is 15.3. The van der Waals surface area contributed by atoms with Crippen LogP contribution < -0.4 is 10.6 Å². The summed E-state index contributed by atoms with van der Waals surface area (Å²) in [4.78, 5) is 24.3. The monoisotopic (exact) mass is 441 g/mol. The van der Waals surface area contributed by atoms with Gasteiger partial charge in [-0.1, -0.05) is 41.4 Å². The van der Waals surface area contributed by atoms with Crippen molar-refractivity contribution in [1.82, 2.24) is 25.2 Å². The highest BCUT2D eigenvalue weighted by Crippen LogP contribution is 2.49. The summed E-state index contributed by atoms with van der Waals surface area (Å²) >= 11 is 13.2. The number of urea groups is 1. The van der Waals surface area contributed by atoms with Crippen LogP contribution in [0.1, 0.15) is 32.6 Å². The van der Waals surface area contributed by atoms with Crippen molar-refractivity contribution in [3.63, 3.8) is 0 Å². The Hall–Kier alpha value is -1.51. The standard InChI is InChI=1S/C18H21Cl2N5O2S/c1-9(13-5-10-2-3-11(13)4-10)21-17(27)22-15(26)8-28-18-24-23-16-14(20)6-12(19)7-25(16)18/h6-7,9-11,13H,2-5,8H2,1H3,(H2,21,22,26,27). The number of nitrogens with zero attached hydrogens (tertiary/aromatic N) is 3. The van der Waals surface area contributed by atoms with Crippen LogP contribution in [0.3, 0.4) is 0 Å². The lowest BCUT2D eigenvalue weighted by Gasteiger charge is -2.28. The van der Waals surface area contributed by atoms with Crippen LogP contribution in [0.15, 0.2) is 17.4 Å². The van der Waals surface area contributed by atoms with Gasteiger partial charge in [0, 0.05) is 12.2 Å². The molecule has 3 amide bonds. The van der Waals surface area contributed by atoms with E-state index in [1.54, 1.807) is 16.7 Å². The number of aromatic nitrogens is 3. The van der Waals surface area contributed by atoms with Crippen molar-refractivity contribution in [3.8, 4) is 0 Å². The summed E-state index contributed by atoms with van der Waals surface area (Å²) in [7, 11) is 0. The molecule has 2 aromatic rings. The Balaban J connectivity index is 1.28. The fraction of sp³-hybridized carbons (Fsp3) is 0.556. The number of hydrogen-bond acceptors (Lipinski definition) is 5. The second kappa shape index (κ2) is 8.08. The molecule has 2 bridgehead atoms. The number of nitrogens with one attached hydrogen (secondary N) is 2. The first kappa shape index (κ1) is 19.8. The molecule has 2 heterocycles. The minimum absolute atomic E-state index is 0.0286. The third-order valence-corrected chi connectivity index (χ3v) is 7.20. The highest BCUT2D eigenvalue weighted by molar-refractivity contribution is 7.99. The van der Waals surface area contributed by atoms with Crippen molar-refractivity contribution in [3.05, 3.63) is 22.3 Å². The largest absolute Gasteiger partial charge is 0.335 e. The summed E-state index contributed by atoms with van der Waals surface area (Å²) in [6.45, 7) is 2.03. The Morgan fingerprint density at radius 2 is 2.14 bits per heavy atom. The van der Waals surface area contributed by atoms with E-state index >= 15 is 0 Å². The first-order valence-electron chi connectivity index (χ1n) is 9.33. The molecule has 4 atom stereocenters. The van der Waals surface area contributed by atoms with Gasteiger partial charge in [-0.2, -0.15) is 0 Å². The predicted molar refractivity (Wildman–Crippen MR) is 109 cm³/mol. The summed E-state index contributed by atoms with van der Waals surface area (Å²) in [5, 5.41) is 14.6. The molecule has 7 nitrogen and oxygen atoms in total. The van der Waals surface area contributed by atoms with Crippen LogP contribution in [-0.4, -0.2) is 38.3 Å². The van der Waals surface area contributed by atoms with Gasteiger partial charge in [0.1, 0.15) is 0 Å². The van der Waals surface area contributed by atoms with Crippen molar-refractivity contribution in [1.29, 1.82) is 0 Å². The molecule has 10 heteroatoms. The Morgan fingerprint density at radius 3 is 2.86 bits per heavy atom. The van der Waals surface area contributed by atoms with Crippen LogP contribution in [0.5, 0.6) is 0 Å². The lowest BCUT2D eigenvalue weighted by molar-refractivity contribution is -0.117. The van der Waals surface area contributed by atoms with Crippen LogP contribution >= 0.6 is 35.0 Å². The first-order valence-corrected chi connectivity index (χ1v) is 11.1. The molecule has 28 heavy (non-hydrogen) atoms. The van der Waals surface area contributed by atoms with E-state index in [9.17, 15) is 9.59 Å². The van der Waals surface area contributed by atoms with Crippen molar-refractivity contribution < 1.29 is 9.59 Å². The van der Waals surface area contributed by atoms with E-state index in [-0.39, 0.29) is 11.8 Å². The second-order valence-electron chi connectivity index (χ2n) is 7.62. The maximum absolute atomic E-state index is 12.2. The first-order chi connectivity index (χ1) is 13.4. The van der Waals surface area contributed by atoms with Crippen molar-refractivity contribution in [2.24, 2.45) is 17.8 Å². The van der Waals surface area contributed by atoms with Crippen molar-refractivity contribution >= 4 is 52.5 Å². The Kier molecular flexibility index (Phi) is 5.71. The fourth-order valence-electron chi connectivity index (χ4n) is 4.55. The van der Waals surface area contributed by atoms with E-state index < -0.39 is 11.9 Å². The number of hydrogen-bond donors (Lipinski definition) is 2. The molecule has 2 saturated carbocycles. The van der Waals surface area contributed by atoms with Crippen LogP contribution in [0.4, 0.5) is 4.79 Å². The Labute approximate surface area is 176 Å². The highest BCUT2D eigenvalue weighted by atomic mass is 35.5. The number of thioether (sulfide) groups is 1. The minimum atomic E-state index is -0.446. The highest BCUT2D eigenvalue weighted by Gasteiger charge is 2.42. The quantitative estimate of drug-likeness (QED) is 0.689. The zero-order chi connectivity index (χ0) is 19.8. The third-order valence-electron chi connectivity index (χ3n) is 5.77. The van der Waals surface area contributed by atoms with E-state index in [2.05, 4.69) is 20.8 Å². The summed E-state index contributed by atoms with van der Waals surface area (Å²) in [6.07, 6.45) is 6.68. The van der Waals surface area contributed by atoms with Gasteiger partial charge in [0.25, 0.3) is 0 Å². The molecule has 2 aliphatic carbocycles. The molecule has 2 aliphatic rings. The fourth-order valence-corrected chi connectivity index (χ4v) is 5.77. The predicted octanol–water partition coefficient (Wildman–Crippen LogP) is 3.78. The molecular weight excluding hydrogens is 421 g/mol. The average molecular weight is 442 g/mol. The minimum Gasteiger partial charge on any atom is -0.335 e. The van der Waals surface area contributed by atoms with Crippen molar-refractivity contribution in [2.75, 3.05) is 5.75 Å². The lowest BCUT2D eigenvalue weighted by Crippen LogP contribution is -2.47. The van der Waals surface area contributed by atoms with Gasteiger partial charge in [-0.3, -0.25) is 14.5 Å². The smallest absolute Gasteiger partial charge is 0.321 e. The molecule has 0 spiro atoms. The van der Waals surface area contributed by atoms with E-state index in [0.717, 1.165) is 17.7 Å². The van der Waals surface area contributed by atoms with E-state index in [1.807, 2.05) is 6.92 Å². The van der Waals surface area contributed by atoms with E-state index in [1.165, 1.54) is 25.7 Å². The zero-order valence-corrected chi connectivity index (χ0v) is 17.7. The third kappa shape index (κ3) is 4.09. The molecule has 0 saturated heterocycles. The molecule has 2 fully saturated rings. The normalized spacial score (nSPS) is 24.5. The SMILES string of the molecule is CC(NC(=O)NC(=O)CSc1nnc2c(Cl)cc(Cl)cn12)C1CC2CCC1C2. The van der Waals surface area contributed by atoms with Gasteiger partial charge >= 0.3 is 6.03 Å². The second-order valence-corrected chi connectivity index (χ2v) is 9.41. The van der Waals surface area contributed by atoms with Crippen molar-refractivity contribution in [2.45, 2.75) is 43.8 Å². The van der Waals surface area contributed by atoms with Crippen LogP contribution in [0, 0.1) is 17.8 Å². The number of fused-ring (bicyclic) bond motifs is 3. The van der Waals surface area contributed by atoms with Gasteiger partial charge in [-0.15, -0.1) is 10.2 Å². The molecule has 0 aliphatic heterocycles. The lowest BCUT2D eigenvalue weighted by atomic mass is 9.84. The number of rotatable bonds is 5. The molecule has 0 radical (unpaired) electrons. The summed E-state index contributed by atoms with van der Waals surface area (Å²) in [6, 6.07) is 1.20. The average Bonchev–Trinajstić information content (AvgIpc) is 3.35. The summed E-state index contributed by atoms with van der Waals surface area (Å²) < 4.78 is 1.62. The molecule has 2 N–H and O–H groups in total. The number of halogens is 2. The van der Waals surface area contributed by atoms with Gasteiger partial charge in [-0.05, 0) is 50.0 Å². The van der Waals surface area contributed by atoms with Gasteiger partial charge in [0.2, 0.25) is 5.91 Å². The van der Waals surface area contributed by atoms with Gasteiger partial charge in [-0.25, -0.2) is 4.79 Å². The molecule has 0 aromatic carbocycles. The molecular formula is C18H21Cl2N5O2S. The van der Waals surface area contributed by atoms with Gasteiger partial charge in [0.05, 0.1) is 15.8 Å². The molecule has 4 unspecified atom stereocenters. The summed E-state index contributed by atoms with van der Waals surface area (Å²) in [5.74, 6) is 1.69. The number of amides is 3. The van der Waals surface area contributed by atoms with Gasteiger partial charge < -0.3 is 5.32 Å². The molecule has 2 aromatic heterocycles. The number of imide groups is 1. The van der Waals surface area contributed by atoms with Crippen LogP contribution in [-0.2, 0) is 4.79 Å². The number of pyridine rings is 1. The topological polar surface area (TPSA) is 88.4 Å². The number of carbonyl (C=O) groups excluding carboxylic acids is 2. The maximum Gasteiger partial charge on any atom is 0.321 e. The van der Waals surface area contributed by atoms with E-state index in [4.69, 9.17) is 23.2 Å². The summed E-state index contributed by atoms with van der Waals surface area (Å²) in [5.41, 5.74) is 0.464. The maximum atomic E-state index is 12.2. The Morgan fingerprint density at radius 1 is 1.32 bits per heavy atom. The van der Waals surface area contributed by atoms with Gasteiger partial charge in [0.15, 0.2) is 10.8 Å². The van der Waals surface area contributed by atoms with Crippen LogP contribution in [0.25, 0.3) is 5.65 Å². The molecule has 4 rings (SSSR count). The Bertz CT molecular complexity index is 921.